The highest BCUT2D eigenvalue weighted by Crippen LogP contribution is 2.14. The van der Waals surface area contributed by atoms with E-state index in [4.69, 9.17) is 16.3 Å². The molecule has 0 aliphatic carbocycles. The lowest BCUT2D eigenvalue weighted by Crippen LogP contribution is -2.28. The molecule has 3 aromatic rings. The fourth-order valence-electron chi connectivity index (χ4n) is 2.19. The zero-order chi connectivity index (χ0) is 17.6. The van der Waals surface area contributed by atoms with Gasteiger partial charge in [0.1, 0.15) is 0 Å². The standard InChI is InChI=1S/C18H14ClN3O3/c19-14-4-2-1-3-13(14)10-22-17(23)11-25-18(24)12-5-6-15-16(9-12)21-8-7-20-15/h1-9H,10-11H2,(H,22,23). The minimum Gasteiger partial charge on any atom is -0.452 e. The zero-order valence-electron chi connectivity index (χ0n) is 13.1. The number of nitrogens with zero attached hydrogens (tertiary/aromatic N) is 2. The molecule has 1 heterocycles. The molecule has 2 aromatic carbocycles. The molecular weight excluding hydrogens is 342 g/mol. The molecule has 3 rings (SSSR count). The van der Waals surface area contributed by atoms with Crippen molar-refractivity contribution >= 4 is 34.5 Å². The summed E-state index contributed by atoms with van der Waals surface area (Å²) >= 11 is 6.02. The third-order valence-electron chi connectivity index (χ3n) is 3.47. The number of rotatable bonds is 5. The lowest BCUT2D eigenvalue weighted by Gasteiger charge is -2.08. The molecule has 1 N–H and O–H groups in total. The average molecular weight is 356 g/mol. The molecule has 0 saturated heterocycles. The summed E-state index contributed by atoms with van der Waals surface area (Å²) in [6, 6.07) is 12.0. The molecule has 1 amide bonds. The third kappa shape index (κ3) is 4.30. The Morgan fingerprint density at radius 3 is 2.60 bits per heavy atom. The van der Waals surface area contributed by atoms with Crippen LogP contribution in [0, 0.1) is 0 Å². The first-order valence-electron chi connectivity index (χ1n) is 7.51. The number of halogens is 1. The summed E-state index contributed by atoms with van der Waals surface area (Å²) in [6.45, 7) is -0.108. The van der Waals surface area contributed by atoms with E-state index in [9.17, 15) is 9.59 Å². The quantitative estimate of drug-likeness (QED) is 0.712. The number of ether oxygens (including phenoxy) is 1. The van der Waals surface area contributed by atoms with Crippen LogP contribution >= 0.6 is 11.6 Å². The fraction of sp³-hybridized carbons (Fsp3) is 0.111. The van der Waals surface area contributed by atoms with Crippen LogP contribution in [0.2, 0.25) is 5.02 Å². The van der Waals surface area contributed by atoms with E-state index in [1.165, 1.54) is 0 Å². The van der Waals surface area contributed by atoms with Gasteiger partial charge in [0.2, 0.25) is 0 Å². The second-order valence-corrected chi connectivity index (χ2v) is 5.61. The molecule has 0 atom stereocenters. The maximum Gasteiger partial charge on any atom is 0.338 e. The van der Waals surface area contributed by atoms with Crippen LogP contribution < -0.4 is 5.32 Å². The second kappa shape index (κ2) is 7.72. The van der Waals surface area contributed by atoms with Crippen LogP contribution in [-0.4, -0.2) is 28.5 Å². The van der Waals surface area contributed by atoms with Gasteiger partial charge in [0, 0.05) is 24.0 Å². The van der Waals surface area contributed by atoms with Crippen molar-refractivity contribution in [3.8, 4) is 0 Å². The molecule has 0 bridgehead atoms. The van der Waals surface area contributed by atoms with Gasteiger partial charge in [-0.2, -0.15) is 0 Å². The van der Waals surface area contributed by atoms with E-state index in [-0.39, 0.29) is 13.2 Å². The molecule has 0 spiro atoms. The van der Waals surface area contributed by atoms with Crippen molar-refractivity contribution in [2.45, 2.75) is 6.54 Å². The van der Waals surface area contributed by atoms with Crippen molar-refractivity contribution in [1.82, 2.24) is 15.3 Å². The Hall–Kier alpha value is -2.99. The number of amides is 1. The highest BCUT2D eigenvalue weighted by molar-refractivity contribution is 6.31. The number of hydrogen-bond donors (Lipinski definition) is 1. The molecule has 1 aromatic heterocycles. The van der Waals surface area contributed by atoms with Gasteiger partial charge in [-0.15, -0.1) is 0 Å². The highest BCUT2D eigenvalue weighted by Gasteiger charge is 2.11. The van der Waals surface area contributed by atoms with Crippen LogP contribution in [0.1, 0.15) is 15.9 Å². The number of nitrogens with one attached hydrogen (secondary N) is 1. The number of fused-ring (bicyclic) bond motifs is 1. The van der Waals surface area contributed by atoms with E-state index >= 15 is 0 Å². The van der Waals surface area contributed by atoms with Crippen molar-refractivity contribution in [3.63, 3.8) is 0 Å². The Morgan fingerprint density at radius 2 is 1.80 bits per heavy atom. The summed E-state index contributed by atoms with van der Waals surface area (Å²) in [4.78, 5) is 32.1. The van der Waals surface area contributed by atoms with Gasteiger partial charge in [-0.25, -0.2) is 4.79 Å². The molecule has 25 heavy (non-hydrogen) atoms. The third-order valence-corrected chi connectivity index (χ3v) is 3.84. The molecule has 0 aliphatic rings. The number of aromatic nitrogens is 2. The van der Waals surface area contributed by atoms with Crippen molar-refractivity contribution < 1.29 is 14.3 Å². The maximum atomic E-state index is 12.0. The molecule has 0 fully saturated rings. The van der Waals surface area contributed by atoms with Gasteiger partial charge in [0.05, 0.1) is 16.6 Å². The lowest BCUT2D eigenvalue weighted by atomic mass is 10.2. The Bertz CT molecular complexity index is 930. The van der Waals surface area contributed by atoms with Crippen molar-refractivity contribution in [1.29, 1.82) is 0 Å². The van der Waals surface area contributed by atoms with E-state index in [0.717, 1.165) is 5.56 Å². The molecule has 6 nitrogen and oxygen atoms in total. The number of esters is 1. The predicted octanol–water partition coefficient (Wildman–Crippen LogP) is 2.76. The van der Waals surface area contributed by atoms with Crippen molar-refractivity contribution in [2.24, 2.45) is 0 Å². The van der Waals surface area contributed by atoms with E-state index in [1.54, 1.807) is 36.7 Å². The van der Waals surface area contributed by atoms with E-state index < -0.39 is 11.9 Å². The largest absolute Gasteiger partial charge is 0.452 e. The number of carbonyl (C=O) groups excluding carboxylic acids is 2. The molecule has 0 saturated carbocycles. The summed E-state index contributed by atoms with van der Waals surface area (Å²) in [5.41, 5.74) is 2.36. The van der Waals surface area contributed by atoms with Gasteiger partial charge in [-0.3, -0.25) is 14.8 Å². The van der Waals surface area contributed by atoms with Crippen LogP contribution in [0.4, 0.5) is 0 Å². The van der Waals surface area contributed by atoms with E-state index in [1.807, 2.05) is 18.2 Å². The lowest BCUT2D eigenvalue weighted by molar-refractivity contribution is -0.124. The first-order valence-corrected chi connectivity index (χ1v) is 7.89. The monoisotopic (exact) mass is 355 g/mol. The molecule has 0 unspecified atom stereocenters. The summed E-state index contributed by atoms with van der Waals surface area (Å²) in [6.07, 6.45) is 3.11. The smallest absolute Gasteiger partial charge is 0.338 e. The molecule has 0 radical (unpaired) electrons. The number of carbonyl (C=O) groups is 2. The van der Waals surface area contributed by atoms with Gasteiger partial charge in [0.25, 0.3) is 5.91 Å². The molecule has 0 aliphatic heterocycles. The predicted molar refractivity (Wildman–Crippen MR) is 93.1 cm³/mol. The average Bonchev–Trinajstić information content (AvgIpc) is 2.65. The van der Waals surface area contributed by atoms with Crippen molar-refractivity contribution in [2.75, 3.05) is 6.61 Å². The Kier molecular flexibility index (Phi) is 5.20. The zero-order valence-corrected chi connectivity index (χ0v) is 13.9. The van der Waals surface area contributed by atoms with Crippen LogP contribution in [0.5, 0.6) is 0 Å². The topological polar surface area (TPSA) is 81.2 Å². The minimum absolute atomic E-state index is 0.265. The van der Waals surface area contributed by atoms with Crippen LogP contribution in [0.15, 0.2) is 54.9 Å². The highest BCUT2D eigenvalue weighted by atomic mass is 35.5. The molecule has 126 valence electrons. The van der Waals surface area contributed by atoms with Crippen LogP contribution in [-0.2, 0) is 16.1 Å². The molecule has 7 heteroatoms. The second-order valence-electron chi connectivity index (χ2n) is 5.20. The Morgan fingerprint density at radius 1 is 1.04 bits per heavy atom. The SMILES string of the molecule is O=C(COC(=O)c1ccc2nccnc2c1)NCc1ccccc1Cl. The first-order chi connectivity index (χ1) is 12.1. The first kappa shape index (κ1) is 16.9. The maximum absolute atomic E-state index is 12.0. The normalized spacial score (nSPS) is 10.4. The summed E-state index contributed by atoms with van der Waals surface area (Å²) < 4.78 is 5.03. The molecular formula is C18H14ClN3O3. The summed E-state index contributed by atoms with van der Waals surface area (Å²) in [7, 11) is 0. The van der Waals surface area contributed by atoms with E-state index in [2.05, 4.69) is 15.3 Å². The number of benzene rings is 2. The minimum atomic E-state index is -0.597. The van der Waals surface area contributed by atoms with Gasteiger partial charge in [0.15, 0.2) is 6.61 Å². The van der Waals surface area contributed by atoms with Crippen LogP contribution in [0.3, 0.4) is 0 Å². The van der Waals surface area contributed by atoms with Crippen LogP contribution in [0.25, 0.3) is 11.0 Å². The summed E-state index contributed by atoms with van der Waals surface area (Å²) in [5.74, 6) is -1.01. The van der Waals surface area contributed by atoms with E-state index in [0.29, 0.717) is 21.6 Å². The summed E-state index contributed by atoms with van der Waals surface area (Å²) in [5, 5.41) is 3.22. The fourth-order valence-corrected chi connectivity index (χ4v) is 2.39. The number of hydrogen-bond acceptors (Lipinski definition) is 5. The van der Waals surface area contributed by atoms with Gasteiger partial charge in [-0.1, -0.05) is 29.8 Å². The van der Waals surface area contributed by atoms with Gasteiger partial charge in [-0.05, 0) is 29.8 Å². The van der Waals surface area contributed by atoms with Gasteiger partial charge < -0.3 is 10.1 Å². The Balaban J connectivity index is 1.54. The van der Waals surface area contributed by atoms with Crippen molar-refractivity contribution in [3.05, 3.63) is 71.0 Å². The van der Waals surface area contributed by atoms with Gasteiger partial charge >= 0.3 is 5.97 Å². The Labute approximate surface area is 148 Å².